The van der Waals surface area contributed by atoms with Crippen LogP contribution in [0.1, 0.15) is 12.0 Å². The maximum atomic E-state index is 12.6. The van der Waals surface area contributed by atoms with Gasteiger partial charge in [-0.05, 0) is 24.1 Å². The number of rotatable bonds is 7. The van der Waals surface area contributed by atoms with Gasteiger partial charge in [0.2, 0.25) is 0 Å². The molecule has 0 aromatic heterocycles. The van der Waals surface area contributed by atoms with Crippen LogP contribution < -0.4 is 10.1 Å². The van der Waals surface area contributed by atoms with Crippen LogP contribution in [-0.2, 0) is 16.0 Å². The van der Waals surface area contributed by atoms with Crippen LogP contribution in [0.3, 0.4) is 0 Å². The number of benzene rings is 1. The summed E-state index contributed by atoms with van der Waals surface area (Å²) in [7, 11) is 3.46. The minimum Gasteiger partial charge on any atom is -0.497 e. The zero-order valence-corrected chi connectivity index (χ0v) is 16.4. The molecule has 0 radical (unpaired) electrons. The van der Waals surface area contributed by atoms with E-state index in [1.165, 1.54) is 0 Å². The van der Waals surface area contributed by atoms with Crippen molar-refractivity contribution in [1.29, 1.82) is 0 Å². The summed E-state index contributed by atoms with van der Waals surface area (Å²) in [6.07, 6.45) is 1.05. The van der Waals surface area contributed by atoms with E-state index < -0.39 is 0 Å². The molecule has 0 bridgehead atoms. The average Bonchev–Trinajstić information content (AvgIpc) is 3.23. The molecular formula is C20H31N3O4. The van der Waals surface area contributed by atoms with E-state index >= 15 is 0 Å². The van der Waals surface area contributed by atoms with Gasteiger partial charge in [-0.2, -0.15) is 0 Å². The number of nitrogens with zero attached hydrogens (tertiary/aromatic N) is 2. The standard InChI is InChI=1S/C20H31N3O4/c1-22(14-16-4-3-5-18(12-16)25-2)20(24)21-13-19(17-6-9-27-15-17)23-7-10-26-11-8-23/h3-5,12,17,19H,6-11,13-15H2,1-2H3,(H,21,24). The molecule has 3 rings (SSSR count). The third-order valence-corrected chi connectivity index (χ3v) is 5.39. The Balaban J connectivity index is 1.54. The molecule has 2 amide bonds. The van der Waals surface area contributed by atoms with Gasteiger partial charge in [-0.3, -0.25) is 4.90 Å². The monoisotopic (exact) mass is 377 g/mol. The van der Waals surface area contributed by atoms with Crippen LogP contribution in [0.4, 0.5) is 4.79 Å². The van der Waals surface area contributed by atoms with Crippen LogP contribution >= 0.6 is 0 Å². The Morgan fingerprint density at radius 1 is 1.33 bits per heavy atom. The number of ether oxygens (including phenoxy) is 3. The van der Waals surface area contributed by atoms with E-state index in [-0.39, 0.29) is 6.03 Å². The second-order valence-electron chi connectivity index (χ2n) is 7.23. The Bertz CT molecular complexity index is 601. The summed E-state index contributed by atoms with van der Waals surface area (Å²) >= 11 is 0. The van der Waals surface area contributed by atoms with Crippen molar-refractivity contribution in [2.24, 2.45) is 5.92 Å². The highest BCUT2D eigenvalue weighted by atomic mass is 16.5. The minimum absolute atomic E-state index is 0.0602. The first-order valence-corrected chi connectivity index (χ1v) is 9.69. The number of morpholine rings is 1. The summed E-state index contributed by atoms with van der Waals surface area (Å²) in [6.45, 7) is 6.11. The molecule has 7 nitrogen and oxygen atoms in total. The fourth-order valence-corrected chi connectivity index (χ4v) is 3.80. The SMILES string of the molecule is COc1cccc(CN(C)C(=O)NCC(C2CCOC2)N2CCOCC2)c1. The Kier molecular flexibility index (Phi) is 7.32. The van der Waals surface area contributed by atoms with Gasteiger partial charge in [0.05, 0.1) is 26.9 Å². The second-order valence-corrected chi connectivity index (χ2v) is 7.23. The van der Waals surface area contributed by atoms with Gasteiger partial charge in [0.15, 0.2) is 0 Å². The molecule has 2 heterocycles. The van der Waals surface area contributed by atoms with Gasteiger partial charge in [0.25, 0.3) is 0 Å². The van der Waals surface area contributed by atoms with Crippen LogP contribution in [-0.4, -0.2) is 82.1 Å². The third-order valence-electron chi connectivity index (χ3n) is 5.39. The Morgan fingerprint density at radius 3 is 2.85 bits per heavy atom. The minimum atomic E-state index is -0.0602. The highest BCUT2D eigenvalue weighted by molar-refractivity contribution is 5.73. The first kappa shape index (κ1) is 19.9. The molecular weight excluding hydrogens is 346 g/mol. The average molecular weight is 377 g/mol. The molecule has 27 heavy (non-hydrogen) atoms. The molecule has 2 fully saturated rings. The van der Waals surface area contributed by atoms with Crippen molar-refractivity contribution in [2.45, 2.75) is 19.0 Å². The van der Waals surface area contributed by atoms with E-state index in [4.69, 9.17) is 14.2 Å². The largest absolute Gasteiger partial charge is 0.497 e. The highest BCUT2D eigenvalue weighted by Crippen LogP contribution is 2.22. The van der Waals surface area contributed by atoms with Crippen LogP contribution in [0.2, 0.25) is 0 Å². The molecule has 2 saturated heterocycles. The maximum Gasteiger partial charge on any atom is 0.317 e. The number of carbonyl (C=O) groups is 1. The molecule has 1 N–H and O–H groups in total. The van der Waals surface area contributed by atoms with Crippen LogP contribution in [0.25, 0.3) is 0 Å². The molecule has 2 aliphatic heterocycles. The molecule has 0 aliphatic carbocycles. The van der Waals surface area contributed by atoms with Gasteiger partial charge < -0.3 is 24.4 Å². The predicted molar refractivity (Wildman–Crippen MR) is 103 cm³/mol. The van der Waals surface area contributed by atoms with Gasteiger partial charge in [0, 0.05) is 51.8 Å². The van der Waals surface area contributed by atoms with Crippen molar-refractivity contribution >= 4 is 6.03 Å². The van der Waals surface area contributed by atoms with E-state index in [0.717, 1.165) is 57.3 Å². The summed E-state index contributed by atoms with van der Waals surface area (Å²) in [5.41, 5.74) is 1.04. The van der Waals surface area contributed by atoms with E-state index in [1.54, 1.807) is 12.0 Å². The normalized spacial score (nSPS) is 21.6. The van der Waals surface area contributed by atoms with Crippen molar-refractivity contribution in [3.8, 4) is 5.75 Å². The first-order valence-electron chi connectivity index (χ1n) is 9.69. The first-order chi connectivity index (χ1) is 13.2. The molecule has 1 aromatic carbocycles. The quantitative estimate of drug-likeness (QED) is 0.782. The molecule has 0 spiro atoms. The second kappa shape index (κ2) is 9.92. The number of nitrogens with one attached hydrogen (secondary N) is 1. The molecule has 0 saturated carbocycles. The molecule has 7 heteroatoms. The Labute approximate surface area is 161 Å². The van der Waals surface area contributed by atoms with Gasteiger partial charge in [-0.15, -0.1) is 0 Å². The van der Waals surface area contributed by atoms with Gasteiger partial charge in [0.1, 0.15) is 5.75 Å². The van der Waals surface area contributed by atoms with Gasteiger partial charge in [-0.1, -0.05) is 12.1 Å². The van der Waals surface area contributed by atoms with Crippen molar-refractivity contribution in [3.63, 3.8) is 0 Å². The predicted octanol–water partition coefficient (Wildman–Crippen LogP) is 1.57. The number of methoxy groups -OCH3 is 1. The zero-order chi connectivity index (χ0) is 19.1. The Morgan fingerprint density at radius 2 is 2.15 bits per heavy atom. The number of amides is 2. The van der Waals surface area contributed by atoms with Crippen molar-refractivity contribution in [1.82, 2.24) is 15.1 Å². The third kappa shape index (κ3) is 5.57. The lowest BCUT2D eigenvalue weighted by atomic mass is 9.97. The lowest BCUT2D eigenvalue weighted by Crippen LogP contribution is -2.53. The summed E-state index contributed by atoms with van der Waals surface area (Å²) < 4.78 is 16.3. The van der Waals surface area contributed by atoms with Gasteiger partial charge >= 0.3 is 6.03 Å². The molecule has 2 atom stereocenters. The lowest BCUT2D eigenvalue weighted by Gasteiger charge is -2.37. The van der Waals surface area contributed by atoms with E-state index in [2.05, 4.69) is 10.2 Å². The zero-order valence-electron chi connectivity index (χ0n) is 16.4. The van der Waals surface area contributed by atoms with E-state index in [1.807, 2.05) is 31.3 Å². The van der Waals surface area contributed by atoms with Gasteiger partial charge in [-0.25, -0.2) is 4.79 Å². The molecule has 2 aliphatic rings. The van der Waals surface area contributed by atoms with Crippen molar-refractivity contribution < 1.29 is 19.0 Å². The number of carbonyl (C=O) groups excluding carboxylic acids is 1. The number of hydrogen-bond acceptors (Lipinski definition) is 5. The topological polar surface area (TPSA) is 63.3 Å². The maximum absolute atomic E-state index is 12.6. The van der Waals surface area contributed by atoms with Crippen LogP contribution in [0.15, 0.2) is 24.3 Å². The molecule has 150 valence electrons. The van der Waals surface area contributed by atoms with E-state index in [9.17, 15) is 4.79 Å². The smallest absolute Gasteiger partial charge is 0.317 e. The Hall–Kier alpha value is -1.83. The summed E-state index contributed by atoms with van der Waals surface area (Å²) in [6, 6.07) is 8.03. The summed E-state index contributed by atoms with van der Waals surface area (Å²) in [5.74, 6) is 1.27. The lowest BCUT2D eigenvalue weighted by molar-refractivity contribution is 0.00190. The van der Waals surface area contributed by atoms with Crippen molar-refractivity contribution in [3.05, 3.63) is 29.8 Å². The van der Waals surface area contributed by atoms with Crippen LogP contribution in [0.5, 0.6) is 5.75 Å². The fourth-order valence-electron chi connectivity index (χ4n) is 3.80. The summed E-state index contributed by atoms with van der Waals surface area (Å²) in [4.78, 5) is 16.8. The molecule has 2 unspecified atom stereocenters. The summed E-state index contributed by atoms with van der Waals surface area (Å²) in [5, 5.41) is 3.12. The number of hydrogen-bond donors (Lipinski definition) is 1. The highest BCUT2D eigenvalue weighted by Gasteiger charge is 2.32. The molecule has 1 aromatic rings. The number of urea groups is 1. The van der Waals surface area contributed by atoms with Crippen LogP contribution in [0, 0.1) is 5.92 Å². The van der Waals surface area contributed by atoms with E-state index in [0.29, 0.717) is 25.0 Å². The fraction of sp³-hybridized carbons (Fsp3) is 0.650. The van der Waals surface area contributed by atoms with Crippen molar-refractivity contribution in [2.75, 3.05) is 60.2 Å².